The molecule has 1 saturated heterocycles. The van der Waals surface area contributed by atoms with Crippen molar-refractivity contribution in [2.24, 2.45) is 5.73 Å². The minimum Gasteiger partial charge on any atom is -0.457 e. The van der Waals surface area contributed by atoms with Gasteiger partial charge < -0.3 is 26.2 Å². The molecule has 5 N–H and O–H groups in total. The first-order valence-electron chi connectivity index (χ1n) is 10.0. The number of hydrogen-bond acceptors (Lipinski definition) is 6. The number of aliphatic hydroxyl groups excluding tert-OH is 1. The van der Waals surface area contributed by atoms with E-state index in [4.69, 9.17) is 16.2 Å². The number of rotatable bonds is 6. The second-order valence-electron chi connectivity index (χ2n) is 7.41. The van der Waals surface area contributed by atoms with Crippen LogP contribution in [0.5, 0.6) is 11.5 Å². The molecule has 1 aliphatic heterocycles. The number of aromatic nitrogens is 2. The molecule has 2 unspecified atom stereocenters. The van der Waals surface area contributed by atoms with E-state index in [0.717, 1.165) is 11.3 Å². The standard InChI is InChI=1S/C23H25N5O3/c1-2-19(29)27-13-12-16(14-27)28-22(24)20(23(25)30)21(26-28)15-8-10-18(11-9-15)31-17-6-4-3-5-7-17/h2-11,16,23,30H,1,12-14,24-25H2. The summed E-state index contributed by atoms with van der Waals surface area (Å²) in [6.07, 6.45) is 0.722. The molecule has 0 spiro atoms. The Morgan fingerprint density at radius 3 is 2.52 bits per heavy atom. The summed E-state index contributed by atoms with van der Waals surface area (Å²) in [5, 5.41) is 14.8. The van der Waals surface area contributed by atoms with E-state index in [2.05, 4.69) is 11.7 Å². The number of amides is 1. The largest absolute Gasteiger partial charge is 0.457 e. The number of ether oxygens (including phenoxy) is 1. The van der Waals surface area contributed by atoms with Crippen LogP contribution in [0.15, 0.2) is 67.3 Å². The minimum absolute atomic E-state index is 0.101. The number of anilines is 1. The molecule has 2 heterocycles. The van der Waals surface area contributed by atoms with E-state index in [0.29, 0.717) is 42.3 Å². The van der Waals surface area contributed by atoms with Crippen molar-refractivity contribution in [2.45, 2.75) is 18.7 Å². The predicted molar refractivity (Wildman–Crippen MR) is 118 cm³/mol. The molecule has 0 radical (unpaired) electrons. The average molecular weight is 419 g/mol. The first-order valence-corrected chi connectivity index (χ1v) is 10.0. The number of carbonyl (C=O) groups is 1. The van der Waals surface area contributed by atoms with Crippen molar-refractivity contribution in [2.75, 3.05) is 18.8 Å². The summed E-state index contributed by atoms with van der Waals surface area (Å²) in [6.45, 7) is 4.60. The number of aliphatic hydroxyl groups is 1. The van der Waals surface area contributed by atoms with Gasteiger partial charge in [0.05, 0.1) is 11.6 Å². The van der Waals surface area contributed by atoms with Gasteiger partial charge in [0.2, 0.25) is 5.91 Å². The maximum Gasteiger partial charge on any atom is 0.246 e. The monoisotopic (exact) mass is 419 g/mol. The number of carbonyl (C=O) groups excluding carboxylic acids is 1. The van der Waals surface area contributed by atoms with Gasteiger partial charge >= 0.3 is 0 Å². The molecule has 0 bridgehead atoms. The van der Waals surface area contributed by atoms with E-state index in [9.17, 15) is 9.90 Å². The van der Waals surface area contributed by atoms with Crippen molar-refractivity contribution < 1.29 is 14.6 Å². The highest BCUT2D eigenvalue weighted by Gasteiger charge is 2.31. The summed E-state index contributed by atoms with van der Waals surface area (Å²) in [4.78, 5) is 13.6. The van der Waals surface area contributed by atoms with Crippen molar-refractivity contribution in [3.63, 3.8) is 0 Å². The fourth-order valence-corrected chi connectivity index (χ4v) is 3.82. The van der Waals surface area contributed by atoms with Gasteiger partial charge in [-0.1, -0.05) is 24.8 Å². The number of para-hydroxylation sites is 1. The Labute approximate surface area is 180 Å². The van der Waals surface area contributed by atoms with Crippen LogP contribution in [0.25, 0.3) is 11.3 Å². The van der Waals surface area contributed by atoms with Crippen LogP contribution in [0, 0.1) is 0 Å². The van der Waals surface area contributed by atoms with Gasteiger partial charge in [-0.2, -0.15) is 5.10 Å². The van der Waals surface area contributed by atoms with Crippen molar-refractivity contribution in [1.29, 1.82) is 0 Å². The van der Waals surface area contributed by atoms with Crippen molar-refractivity contribution in [3.05, 3.63) is 72.8 Å². The lowest BCUT2D eigenvalue weighted by Gasteiger charge is -2.15. The van der Waals surface area contributed by atoms with Gasteiger partial charge in [-0.15, -0.1) is 0 Å². The van der Waals surface area contributed by atoms with Crippen LogP contribution in [0.3, 0.4) is 0 Å². The number of benzene rings is 2. The van der Waals surface area contributed by atoms with E-state index in [-0.39, 0.29) is 11.9 Å². The molecule has 31 heavy (non-hydrogen) atoms. The van der Waals surface area contributed by atoms with Crippen LogP contribution in [0.2, 0.25) is 0 Å². The molecule has 3 aromatic rings. The van der Waals surface area contributed by atoms with Gasteiger partial charge in [0.25, 0.3) is 0 Å². The third-order valence-corrected chi connectivity index (χ3v) is 5.38. The van der Waals surface area contributed by atoms with Crippen molar-refractivity contribution >= 4 is 11.7 Å². The fourth-order valence-electron chi connectivity index (χ4n) is 3.82. The van der Waals surface area contributed by atoms with Gasteiger partial charge in [-0.3, -0.25) is 4.79 Å². The Morgan fingerprint density at radius 2 is 1.87 bits per heavy atom. The highest BCUT2D eigenvalue weighted by molar-refractivity contribution is 5.87. The van der Waals surface area contributed by atoms with E-state index in [1.165, 1.54) is 6.08 Å². The van der Waals surface area contributed by atoms with Crippen LogP contribution in [-0.2, 0) is 4.79 Å². The molecule has 2 aromatic carbocycles. The fraction of sp³-hybridized carbons (Fsp3) is 0.217. The summed E-state index contributed by atoms with van der Waals surface area (Å²) in [7, 11) is 0. The molecule has 8 nitrogen and oxygen atoms in total. The SMILES string of the molecule is C=CC(=O)N1CCC(n2nc(-c3ccc(Oc4ccccc4)cc3)c(C(N)O)c2N)C1. The van der Waals surface area contributed by atoms with Gasteiger partial charge in [-0.25, -0.2) is 4.68 Å². The molecule has 0 aliphatic carbocycles. The molecular weight excluding hydrogens is 394 g/mol. The molecule has 1 aromatic heterocycles. The predicted octanol–water partition coefficient (Wildman–Crippen LogP) is 2.83. The molecule has 8 heteroatoms. The van der Waals surface area contributed by atoms with E-state index >= 15 is 0 Å². The Kier molecular flexibility index (Phi) is 5.75. The molecule has 0 saturated carbocycles. The first kappa shape index (κ1) is 20.6. The zero-order valence-electron chi connectivity index (χ0n) is 17.0. The molecule has 1 fully saturated rings. The Hall–Kier alpha value is -3.62. The lowest BCUT2D eigenvalue weighted by molar-refractivity contribution is -0.125. The van der Waals surface area contributed by atoms with Crippen LogP contribution < -0.4 is 16.2 Å². The number of nitrogen functional groups attached to an aromatic ring is 1. The van der Waals surface area contributed by atoms with Crippen molar-refractivity contribution in [1.82, 2.24) is 14.7 Å². The second-order valence-corrected chi connectivity index (χ2v) is 7.41. The summed E-state index contributed by atoms with van der Waals surface area (Å²) in [5.74, 6) is 1.59. The van der Waals surface area contributed by atoms with Crippen LogP contribution in [0.1, 0.15) is 24.3 Å². The van der Waals surface area contributed by atoms with Crippen LogP contribution in [-0.4, -0.2) is 38.8 Å². The summed E-state index contributed by atoms with van der Waals surface area (Å²) in [5.41, 5.74) is 13.8. The van der Waals surface area contributed by atoms with E-state index < -0.39 is 6.23 Å². The average Bonchev–Trinajstić information content (AvgIpc) is 3.39. The maximum atomic E-state index is 11.9. The van der Waals surface area contributed by atoms with E-state index in [1.807, 2.05) is 54.6 Å². The number of nitrogens with two attached hydrogens (primary N) is 2. The molecule has 4 rings (SSSR count). The van der Waals surface area contributed by atoms with Crippen molar-refractivity contribution in [3.8, 4) is 22.8 Å². The lowest BCUT2D eigenvalue weighted by Crippen LogP contribution is -2.27. The smallest absolute Gasteiger partial charge is 0.246 e. The van der Waals surface area contributed by atoms with Crippen LogP contribution >= 0.6 is 0 Å². The third-order valence-electron chi connectivity index (χ3n) is 5.38. The Morgan fingerprint density at radius 1 is 1.19 bits per heavy atom. The Balaban J connectivity index is 1.61. The zero-order chi connectivity index (χ0) is 22.0. The summed E-state index contributed by atoms with van der Waals surface area (Å²) in [6, 6.07) is 16.7. The molecule has 2 atom stereocenters. The normalized spacial score (nSPS) is 16.8. The molecule has 1 aliphatic rings. The van der Waals surface area contributed by atoms with Gasteiger partial charge in [0.1, 0.15) is 29.2 Å². The second kappa shape index (κ2) is 8.63. The van der Waals surface area contributed by atoms with Gasteiger partial charge in [-0.05, 0) is 48.9 Å². The zero-order valence-corrected chi connectivity index (χ0v) is 17.0. The topological polar surface area (TPSA) is 120 Å². The lowest BCUT2D eigenvalue weighted by atomic mass is 10.1. The highest BCUT2D eigenvalue weighted by atomic mass is 16.5. The third kappa shape index (κ3) is 4.16. The first-order chi connectivity index (χ1) is 15.0. The maximum absolute atomic E-state index is 11.9. The molecular formula is C23H25N5O3. The minimum atomic E-state index is -1.28. The number of nitrogens with zero attached hydrogens (tertiary/aromatic N) is 3. The number of hydrogen-bond donors (Lipinski definition) is 3. The number of likely N-dealkylation sites (tertiary alicyclic amines) is 1. The molecule has 1 amide bonds. The highest BCUT2D eigenvalue weighted by Crippen LogP contribution is 2.35. The van der Waals surface area contributed by atoms with Gasteiger partial charge in [0, 0.05) is 18.7 Å². The summed E-state index contributed by atoms with van der Waals surface area (Å²) < 4.78 is 7.49. The van der Waals surface area contributed by atoms with E-state index in [1.54, 1.807) is 9.58 Å². The molecule has 160 valence electrons. The summed E-state index contributed by atoms with van der Waals surface area (Å²) >= 11 is 0. The van der Waals surface area contributed by atoms with Gasteiger partial charge in [0.15, 0.2) is 0 Å². The quantitative estimate of drug-likeness (QED) is 0.417. The van der Waals surface area contributed by atoms with Crippen LogP contribution in [0.4, 0.5) is 5.82 Å². The Bertz CT molecular complexity index is 1080.